The third kappa shape index (κ3) is 3.13. The molecule has 0 radical (unpaired) electrons. The molecule has 0 bridgehead atoms. The Labute approximate surface area is 135 Å². The zero-order valence-corrected chi connectivity index (χ0v) is 13.6. The van der Waals surface area contributed by atoms with E-state index >= 15 is 0 Å². The Balaban J connectivity index is 1.86. The summed E-state index contributed by atoms with van der Waals surface area (Å²) in [7, 11) is 0. The fourth-order valence-electron chi connectivity index (χ4n) is 2.75. The minimum Gasteiger partial charge on any atom is -0.494 e. The van der Waals surface area contributed by atoms with Crippen molar-refractivity contribution in [1.29, 1.82) is 0 Å². The normalized spacial score (nSPS) is 17.3. The van der Waals surface area contributed by atoms with Crippen molar-refractivity contribution < 1.29 is 13.9 Å². The van der Waals surface area contributed by atoms with E-state index in [1.54, 1.807) is 0 Å². The molecule has 1 aromatic heterocycles. The number of hydrogen-bond donors (Lipinski definition) is 0. The number of furan rings is 1. The SMILES string of the molecule is CCOc1ccc([C@H]2CC(c3ccc(C)o3)=NN2C(C)=O)cc1. The molecular weight excluding hydrogens is 292 g/mol. The van der Waals surface area contributed by atoms with Crippen molar-refractivity contribution in [2.45, 2.75) is 33.2 Å². The molecule has 0 saturated carbocycles. The van der Waals surface area contributed by atoms with Gasteiger partial charge in [0.05, 0.1) is 12.6 Å². The van der Waals surface area contributed by atoms with Gasteiger partial charge in [0, 0.05) is 13.3 Å². The van der Waals surface area contributed by atoms with Gasteiger partial charge in [-0.25, -0.2) is 5.01 Å². The molecule has 1 atom stereocenters. The molecule has 0 aliphatic carbocycles. The van der Waals surface area contributed by atoms with Crippen LogP contribution >= 0.6 is 0 Å². The van der Waals surface area contributed by atoms with Crippen LogP contribution in [0.1, 0.15) is 43.4 Å². The molecule has 1 aromatic carbocycles. The van der Waals surface area contributed by atoms with Gasteiger partial charge in [-0.15, -0.1) is 0 Å². The van der Waals surface area contributed by atoms with E-state index in [2.05, 4.69) is 5.10 Å². The van der Waals surface area contributed by atoms with Gasteiger partial charge in [0.1, 0.15) is 23.0 Å². The van der Waals surface area contributed by atoms with Crippen LogP contribution in [0.5, 0.6) is 5.75 Å². The van der Waals surface area contributed by atoms with Gasteiger partial charge in [-0.1, -0.05) is 12.1 Å². The lowest BCUT2D eigenvalue weighted by atomic mass is 10.0. The number of amides is 1. The van der Waals surface area contributed by atoms with Crippen LogP contribution < -0.4 is 4.74 Å². The van der Waals surface area contributed by atoms with E-state index in [0.717, 1.165) is 28.5 Å². The first-order valence-corrected chi connectivity index (χ1v) is 7.75. The molecule has 23 heavy (non-hydrogen) atoms. The molecule has 0 unspecified atom stereocenters. The maximum Gasteiger partial charge on any atom is 0.240 e. The van der Waals surface area contributed by atoms with Gasteiger partial charge < -0.3 is 9.15 Å². The highest BCUT2D eigenvalue weighted by Gasteiger charge is 2.32. The fraction of sp³-hybridized carbons (Fsp3) is 0.333. The first-order chi connectivity index (χ1) is 11.1. The van der Waals surface area contributed by atoms with E-state index in [1.807, 2.05) is 50.2 Å². The van der Waals surface area contributed by atoms with Gasteiger partial charge in [0.2, 0.25) is 5.91 Å². The highest BCUT2D eigenvalue weighted by atomic mass is 16.5. The third-order valence-electron chi connectivity index (χ3n) is 3.83. The van der Waals surface area contributed by atoms with Gasteiger partial charge >= 0.3 is 0 Å². The lowest BCUT2D eigenvalue weighted by Crippen LogP contribution is -2.24. The van der Waals surface area contributed by atoms with E-state index in [0.29, 0.717) is 13.0 Å². The Morgan fingerprint density at radius 2 is 2.04 bits per heavy atom. The molecule has 3 rings (SSSR count). The van der Waals surface area contributed by atoms with Gasteiger partial charge in [-0.3, -0.25) is 4.79 Å². The maximum atomic E-state index is 11.9. The molecule has 0 saturated heterocycles. The Morgan fingerprint density at radius 3 is 2.61 bits per heavy atom. The largest absolute Gasteiger partial charge is 0.494 e. The summed E-state index contributed by atoms with van der Waals surface area (Å²) in [5, 5.41) is 5.99. The smallest absolute Gasteiger partial charge is 0.240 e. The summed E-state index contributed by atoms with van der Waals surface area (Å²) in [5.41, 5.74) is 1.83. The standard InChI is InChI=1S/C18H20N2O3/c1-4-22-15-8-6-14(7-9-15)17-11-16(19-20(17)13(3)21)18-10-5-12(2)23-18/h5-10,17H,4,11H2,1-3H3/t17-/m1/s1. The predicted molar refractivity (Wildman–Crippen MR) is 87.5 cm³/mol. The van der Waals surface area contributed by atoms with Crippen molar-refractivity contribution in [3.05, 3.63) is 53.5 Å². The highest BCUT2D eigenvalue weighted by Crippen LogP contribution is 2.33. The second kappa shape index (κ2) is 6.28. The molecule has 120 valence electrons. The molecule has 5 nitrogen and oxygen atoms in total. The number of nitrogens with zero attached hydrogens (tertiary/aromatic N) is 2. The quantitative estimate of drug-likeness (QED) is 0.865. The number of hydrogen-bond acceptors (Lipinski definition) is 4. The third-order valence-corrected chi connectivity index (χ3v) is 3.83. The van der Waals surface area contributed by atoms with E-state index < -0.39 is 0 Å². The van der Waals surface area contributed by atoms with E-state index in [-0.39, 0.29) is 11.9 Å². The summed E-state index contributed by atoms with van der Waals surface area (Å²) >= 11 is 0. The lowest BCUT2D eigenvalue weighted by Gasteiger charge is -2.20. The number of ether oxygens (including phenoxy) is 1. The summed E-state index contributed by atoms with van der Waals surface area (Å²) in [4.78, 5) is 11.9. The van der Waals surface area contributed by atoms with Crippen LogP contribution in [0.4, 0.5) is 0 Å². The van der Waals surface area contributed by atoms with Crippen LogP contribution in [-0.2, 0) is 4.79 Å². The Morgan fingerprint density at radius 1 is 1.30 bits per heavy atom. The molecule has 2 heterocycles. The summed E-state index contributed by atoms with van der Waals surface area (Å²) in [6.07, 6.45) is 0.639. The van der Waals surface area contributed by atoms with E-state index in [4.69, 9.17) is 9.15 Å². The lowest BCUT2D eigenvalue weighted by molar-refractivity contribution is -0.130. The van der Waals surface area contributed by atoms with Crippen LogP contribution in [0.2, 0.25) is 0 Å². The van der Waals surface area contributed by atoms with Crippen molar-refractivity contribution in [1.82, 2.24) is 5.01 Å². The van der Waals surface area contributed by atoms with Crippen molar-refractivity contribution in [2.75, 3.05) is 6.61 Å². The molecule has 5 heteroatoms. The van der Waals surface area contributed by atoms with Crippen molar-refractivity contribution >= 4 is 11.6 Å². The number of aryl methyl sites for hydroxylation is 1. The maximum absolute atomic E-state index is 11.9. The number of benzene rings is 1. The Kier molecular flexibility index (Phi) is 4.19. The van der Waals surface area contributed by atoms with Crippen molar-refractivity contribution in [3.63, 3.8) is 0 Å². The zero-order valence-electron chi connectivity index (χ0n) is 13.6. The van der Waals surface area contributed by atoms with Crippen LogP contribution in [0, 0.1) is 6.92 Å². The van der Waals surface area contributed by atoms with Crippen LogP contribution in [0.25, 0.3) is 0 Å². The number of carbonyl (C=O) groups is 1. The Bertz CT molecular complexity index is 731. The number of hydrazone groups is 1. The summed E-state index contributed by atoms with van der Waals surface area (Å²) in [6.45, 7) is 6.01. The van der Waals surface area contributed by atoms with Gasteiger partial charge in [-0.05, 0) is 43.7 Å². The molecule has 1 aliphatic heterocycles. The van der Waals surface area contributed by atoms with Gasteiger partial charge in [0.25, 0.3) is 0 Å². The van der Waals surface area contributed by atoms with Crippen LogP contribution in [-0.4, -0.2) is 23.2 Å². The van der Waals surface area contributed by atoms with Gasteiger partial charge in [0.15, 0.2) is 0 Å². The first-order valence-electron chi connectivity index (χ1n) is 7.75. The minimum atomic E-state index is -0.108. The summed E-state index contributed by atoms with van der Waals surface area (Å²) < 4.78 is 11.1. The average molecular weight is 312 g/mol. The summed E-state index contributed by atoms with van der Waals surface area (Å²) in [5.74, 6) is 2.30. The predicted octanol–water partition coefficient (Wildman–Crippen LogP) is 3.68. The molecule has 2 aromatic rings. The monoisotopic (exact) mass is 312 g/mol. The molecule has 1 aliphatic rings. The van der Waals surface area contributed by atoms with Crippen molar-refractivity contribution in [2.24, 2.45) is 5.10 Å². The molecule has 0 spiro atoms. The molecule has 1 amide bonds. The van der Waals surface area contributed by atoms with E-state index in [1.165, 1.54) is 11.9 Å². The molecular formula is C18H20N2O3. The van der Waals surface area contributed by atoms with Gasteiger partial charge in [-0.2, -0.15) is 5.10 Å². The summed E-state index contributed by atoms with van der Waals surface area (Å²) in [6, 6.07) is 11.5. The van der Waals surface area contributed by atoms with Crippen LogP contribution in [0.3, 0.4) is 0 Å². The second-order valence-electron chi connectivity index (χ2n) is 5.54. The Hall–Kier alpha value is -2.56. The molecule has 0 fully saturated rings. The highest BCUT2D eigenvalue weighted by molar-refractivity contribution is 6.01. The average Bonchev–Trinajstić information content (AvgIpc) is 3.14. The van der Waals surface area contributed by atoms with Crippen LogP contribution in [0.15, 0.2) is 45.9 Å². The second-order valence-corrected chi connectivity index (χ2v) is 5.54. The first kappa shape index (κ1) is 15.3. The zero-order chi connectivity index (χ0) is 16.4. The van der Waals surface area contributed by atoms with E-state index in [9.17, 15) is 4.79 Å². The number of rotatable bonds is 4. The van der Waals surface area contributed by atoms with Crippen molar-refractivity contribution in [3.8, 4) is 5.75 Å². The number of carbonyl (C=O) groups excluding carboxylic acids is 1. The topological polar surface area (TPSA) is 55.0 Å². The molecule has 0 N–H and O–H groups in total. The minimum absolute atomic E-state index is 0.0813. The fourth-order valence-corrected chi connectivity index (χ4v) is 2.75.